The fourth-order valence-electron chi connectivity index (χ4n) is 1.13. The summed E-state index contributed by atoms with van der Waals surface area (Å²) in [6.07, 6.45) is 1.10. The maximum atomic E-state index is 5.33. The lowest BCUT2D eigenvalue weighted by molar-refractivity contribution is 0.337. The van der Waals surface area contributed by atoms with Crippen molar-refractivity contribution < 1.29 is 0 Å². The smallest absolute Gasteiger partial charge is 0.208 e. The molecule has 0 aromatic carbocycles. The first-order valence-electron chi connectivity index (χ1n) is 4.37. The Morgan fingerprint density at radius 2 is 2.17 bits per heavy atom. The second kappa shape index (κ2) is 5.83. The van der Waals surface area contributed by atoms with Gasteiger partial charge in [-0.05, 0) is 20.3 Å². The molecule has 0 atom stereocenters. The van der Waals surface area contributed by atoms with Gasteiger partial charge < -0.3 is 4.90 Å². The van der Waals surface area contributed by atoms with Gasteiger partial charge in [0.2, 0.25) is 5.96 Å². The Hall–Kier alpha value is -0.770. The quantitative estimate of drug-likeness (QED) is 0.283. The summed E-state index contributed by atoms with van der Waals surface area (Å²) in [7, 11) is 1.74. The van der Waals surface area contributed by atoms with Crippen LogP contribution in [0.3, 0.4) is 0 Å². The number of nitrogens with zero attached hydrogens (tertiary/aromatic N) is 2. The van der Waals surface area contributed by atoms with Gasteiger partial charge in [0.1, 0.15) is 0 Å². The molecule has 0 aromatic heterocycles. The third-order valence-corrected chi connectivity index (χ3v) is 1.70. The van der Waals surface area contributed by atoms with E-state index >= 15 is 0 Å². The van der Waals surface area contributed by atoms with Gasteiger partial charge in [-0.1, -0.05) is 6.92 Å². The van der Waals surface area contributed by atoms with Crippen LogP contribution < -0.4 is 11.3 Å². The normalized spacial score (nSPS) is 12.0. The van der Waals surface area contributed by atoms with Crippen LogP contribution in [-0.4, -0.2) is 30.5 Å². The van der Waals surface area contributed by atoms with E-state index in [1.807, 2.05) is 0 Å². The van der Waals surface area contributed by atoms with E-state index in [9.17, 15) is 0 Å². The Bertz CT molecular complexity index is 142. The van der Waals surface area contributed by atoms with Crippen LogP contribution in [-0.2, 0) is 0 Å². The largest absolute Gasteiger partial charge is 0.340 e. The topological polar surface area (TPSA) is 53.6 Å². The average molecular weight is 172 g/mol. The zero-order chi connectivity index (χ0) is 9.56. The van der Waals surface area contributed by atoms with Crippen molar-refractivity contribution in [3.05, 3.63) is 0 Å². The molecular weight excluding hydrogens is 152 g/mol. The van der Waals surface area contributed by atoms with Crippen LogP contribution in [0.15, 0.2) is 4.99 Å². The Balaban J connectivity index is 4.27. The van der Waals surface area contributed by atoms with E-state index in [1.165, 1.54) is 0 Å². The number of rotatable bonds is 3. The van der Waals surface area contributed by atoms with Gasteiger partial charge in [0.15, 0.2) is 0 Å². The van der Waals surface area contributed by atoms with Crippen molar-refractivity contribution in [1.29, 1.82) is 0 Å². The molecule has 0 heterocycles. The summed E-state index contributed by atoms with van der Waals surface area (Å²) in [5, 5.41) is 0. The Morgan fingerprint density at radius 3 is 2.42 bits per heavy atom. The van der Waals surface area contributed by atoms with Gasteiger partial charge in [-0.2, -0.15) is 0 Å². The van der Waals surface area contributed by atoms with Crippen molar-refractivity contribution in [2.24, 2.45) is 10.8 Å². The van der Waals surface area contributed by atoms with Crippen LogP contribution in [0.5, 0.6) is 0 Å². The summed E-state index contributed by atoms with van der Waals surface area (Å²) >= 11 is 0. The highest BCUT2D eigenvalue weighted by atomic mass is 15.4. The summed E-state index contributed by atoms with van der Waals surface area (Å²) in [5.41, 5.74) is 2.59. The zero-order valence-corrected chi connectivity index (χ0v) is 8.46. The molecule has 0 aliphatic carbocycles. The zero-order valence-electron chi connectivity index (χ0n) is 8.46. The molecule has 72 valence electrons. The molecule has 0 fully saturated rings. The number of nitrogens with one attached hydrogen (secondary N) is 1. The number of guanidine groups is 1. The molecule has 0 rings (SSSR count). The minimum Gasteiger partial charge on any atom is -0.340 e. The Kier molecular flexibility index (Phi) is 5.45. The van der Waals surface area contributed by atoms with Crippen molar-refractivity contribution >= 4 is 5.96 Å². The lowest BCUT2D eigenvalue weighted by Crippen LogP contribution is -2.48. The van der Waals surface area contributed by atoms with Crippen molar-refractivity contribution in [1.82, 2.24) is 10.3 Å². The molecule has 0 aromatic rings. The molecule has 0 saturated heterocycles. The maximum Gasteiger partial charge on any atom is 0.208 e. The standard InChI is InChI=1S/C8H20N4/c1-5-6-12(7(2)3)8(10-4)11-9/h7H,5-6,9H2,1-4H3,(H,10,11). The molecule has 0 unspecified atom stereocenters. The lowest BCUT2D eigenvalue weighted by Gasteiger charge is -2.28. The molecule has 0 spiro atoms. The highest BCUT2D eigenvalue weighted by Crippen LogP contribution is 1.99. The molecule has 0 radical (unpaired) electrons. The fourth-order valence-corrected chi connectivity index (χ4v) is 1.13. The molecule has 3 N–H and O–H groups in total. The molecule has 0 aliphatic rings. The van der Waals surface area contributed by atoms with Crippen LogP contribution in [0.1, 0.15) is 27.2 Å². The highest BCUT2D eigenvalue weighted by molar-refractivity contribution is 5.79. The first kappa shape index (κ1) is 11.2. The Morgan fingerprint density at radius 1 is 1.58 bits per heavy atom. The van der Waals surface area contributed by atoms with Crippen LogP contribution in [0.4, 0.5) is 0 Å². The summed E-state index contributed by atoms with van der Waals surface area (Å²) in [6, 6.07) is 0.430. The number of hydrogen-bond acceptors (Lipinski definition) is 2. The van der Waals surface area contributed by atoms with E-state index in [0.29, 0.717) is 6.04 Å². The molecule has 4 heteroatoms. The molecule has 0 aliphatic heterocycles. The molecular formula is C8H20N4. The lowest BCUT2D eigenvalue weighted by atomic mass is 10.3. The first-order valence-corrected chi connectivity index (χ1v) is 4.37. The fraction of sp³-hybridized carbons (Fsp3) is 0.875. The monoisotopic (exact) mass is 172 g/mol. The van der Waals surface area contributed by atoms with Gasteiger partial charge >= 0.3 is 0 Å². The van der Waals surface area contributed by atoms with Gasteiger partial charge in [-0.25, -0.2) is 5.84 Å². The van der Waals surface area contributed by atoms with E-state index in [-0.39, 0.29) is 0 Å². The predicted octanol–water partition coefficient (Wildman–Crippen LogP) is 0.556. The summed E-state index contributed by atoms with van der Waals surface area (Å²) in [6.45, 7) is 7.37. The van der Waals surface area contributed by atoms with E-state index in [0.717, 1.165) is 18.9 Å². The minimum atomic E-state index is 0.430. The average Bonchev–Trinajstić information content (AvgIpc) is 2.05. The van der Waals surface area contributed by atoms with Gasteiger partial charge in [-0.15, -0.1) is 0 Å². The molecule has 0 amide bonds. The molecule has 12 heavy (non-hydrogen) atoms. The van der Waals surface area contributed by atoms with E-state index in [1.54, 1.807) is 7.05 Å². The van der Waals surface area contributed by atoms with Gasteiger partial charge in [-0.3, -0.25) is 10.4 Å². The third-order valence-electron chi connectivity index (χ3n) is 1.70. The van der Waals surface area contributed by atoms with Crippen LogP contribution in [0.2, 0.25) is 0 Å². The van der Waals surface area contributed by atoms with E-state index < -0.39 is 0 Å². The van der Waals surface area contributed by atoms with Crippen molar-refractivity contribution in [3.8, 4) is 0 Å². The number of hydrazine groups is 1. The van der Waals surface area contributed by atoms with Crippen molar-refractivity contribution in [3.63, 3.8) is 0 Å². The maximum absolute atomic E-state index is 5.33. The van der Waals surface area contributed by atoms with Crippen LogP contribution in [0.25, 0.3) is 0 Å². The van der Waals surface area contributed by atoms with Crippen LogP contribution in [0, 0.1) is 0 Å². The Labute approximate surface area is 74.8 Å². The van der Waals surface area contributed by atoms with Crippen molar-refractivity contribution in [2.75, 3.05) is 13.6 Å². The summed E-state index contributed by atoms with van der Waals surface area (Å²) in [5.74, 6) is 6.09. The van der Waals surface area contributed by atoms with E-state index in [2.05, 4.69) is 36.1 Å². The first-order chi connectivity index (χ1) is 5.67. The van der Waals surface area contributed by atoms with Gasteiger partial charge in [0, 0.05) is 19.6 Å². The van der Waals surface area contributed by atoms with Crippen LogP contribution >= 0.6 is 0 Å². The predicted molar refractivity (Wildman–Crippen MR) is 52.8 cm³/mol. The van der Waals surface area contributed by atoms with Gasteiger partial charge in [0.25, 0.3) is 0 Å². The number of nitrogens with two attached hydrogens (primary N) is 1. The third kappa shape index (κ3) is 3.09. The minimum absolute atomic E-state index is 0.430. The van der Waals surface area contributed by atoms with E-state index in [4.69, 9.17) is 5.84 Å². The molecule has 0 bridgehead atoms. The van der Waals surface area contributed by atoms with Gasteiger partial charge in [0.05, 0.1) is 0 Å². The number of aliphatic imine (C=N–C) groups is 1. The van der Waals surface area contributed by atoms with Crippen molar-refractivity contribution in [2.45, 2.75) is 33.2 Å². The molecule has 4 nitrogen and oxygen atoms in total. The summed E-state index contributed by atoms with van der Waals surface area (Å²) < 4.78 is 0. The highest BCUT2D eigenvalue weighted by Gasteiger charge is 2.11. The molecule has 0 saturated carbocycles. The second-order valence-corrected chi connectivity index (χ2v) is 2.98. The second-order valence-electron chi connectivity index (χ2n) is 2.98. The summed E-state index contributed by atoms with van der Waals surface area (Å²) in [4.78, 5) is 6.19. The number of hydrogen-bond donors (Lipinski definition) is 2. The SMILES string of the molecule is CCCN(C(=NC)NN)C(C)C.